The summed E-state index contributed by atoms with van der Waals surface area (Å²) in [6.45, 7) is 4.83. The van der Waals surface area contributed by atoms with E-state index < -0.39 is 0 Å². The Kier molecular flexibility index (Phi) is 4.99. The van der Waals surface area contributed by atoms with Gasteiger partial charge in [-0.15, -0.1) is 0 Å². The first-order valence-corrected chi connectivity index (χ1v) is 9.13. The average molecular weight is 358 g/mol. The van der Waals surface area contributed by atoms with E-state index in [1.165, 1.54) is 12.1 Å². The van der Waals surface area contributed by atoms with Crippen molar-refractivity contribution in [1.82, 2.24) is 20.0 Å². The number of hydrogen-bond acceptors (Lipinski definition) is 4. The minimum atomic E-state index is -0.333. The summed E-state index contributed by atoms with van der Waals surface area (Å²) < 4.78 is 19.0. The molecule has 1 amide bonds. The van der Waals surface area contributed by atoms with Crippen LogP contribution in [-0.2, 0) is 4.74 Å². The Morgan fingerprint density at radius 3 is 2.92 bits per heavy atom. The number of nitrogens with one attached hydrogen (secondary N) is 1. The Morgan fingerprint density at radius 1 is 1.27 bits per heavy atom. The maximum Gasteiger partial charge on any atom is 0.257 e. The minimum Gasteiger partial charge on any atom is -0.379 e. The molecule has 2 aliphatic rings. The van der Waals surface area contributed by atoms with Gasteiger partial charge in [-0.2, -0.15) is 5.10 Å². The number of aromatic nitrogens is 2. The monoisotopic (exact) mass is 358 g/mol. The lowest BCUT2D eigenvalue weighted by Crippen LogP contribution is -2.52. The van der Waals surface area contributed by atoms with Crippen molar-refractivity contribution in [2.45, 2.75) is 18.9 Å². The van der Waals surface area contributed by atoms with Crippen LogP contribution in [0.25, 0.3) is 11.3 Å². The summed E-state index contributed by atoms with van der Waals surface area (Å²) >= 11 is 0. The van der Waals surface area contributed by atoms with Crippen molar-refractivity contribution in [2.24, 2.45) is 0 Å². The Labute approximate surface area is 151 Å². The highest BCUT2D eigenvalue weighted by atomic mass is 19.1. The molecule has 1 unspecified atom stereocenters. The summed E-state index contributed by atoms with van der Waals surface area (Å²) in [5, 5.41) is 6.88. The van der Waals surface area contributed by atoms with E-state index in [9.17, 15) is 9.18 Å². The molecule has 138 valence electrons. The summed E-state index contributed by atoms with van der Waals surface area (Å²) in [7, 11) is 0. The predicted molar refractivity (Wildman–Crippen MR) is 95.3 cm³/mol. The molecule has 2 fully saturated rings. The molecule has 4 rings (SSSR count). The van der Waals surface area contributed by atoms with Gasteiger partial charge in [-0.3, -0.25) is 14.8 Å². The molecule has 2 aliphatic heterocycles. The first-order valence-electron chi connectivity index (χ1n) is 9.13. The summed E-state index contributed by atoms with van der Waals surface area (Å²) in [4.78, 5) is 17.4. The lowest BCUT2D eigenvalue weighted by molar-refractivity contribution is -0.00119. The summed E-state index contributed by atoms with van der Waals surface area (Å²) in [5.74, 6) is -0.378. The number of amides is 1. The molecule has 0 aliphatic carbocycles. The van der Waals surface area contributed by atoms with Gasteiger partial charge in [0.15, 0.2) is 0 Å². The van der Waals surface area contributed by atoms with Gasteiger partial charge in [-0.1, -0.05) is 12.1 Å². The van der Waals surface area contributed by atoms with Gasteiger partial charge in [0.05, 0.1) is 30.7 Å². The highest BCUT2D eigenvalue weighted by Crippen LogP contribution is 2.25. The summed E-state index contributed by atoms with van der Waals surface area (Å²) in [5.41, 5.74) is 1.70. The number of nitrogens with zero attached hydrogens (tertiary/aromatic N) is 3. The number of rotatable bonds is 3. The molecule has 0 bridgehead atoms. The van der Waals surface area contributed by atoms with Crippen molar-refractivity contribution in [2.75, 3.05) is 39.4 Å². The van der Waals surface area contributed by atoms with E-state index in [-0.39, 0.29) is 11.7 Å². The molecular weight excluding hydrogens is 335 g/mol. The molecule has 7 heteroatoms. The zero-order valence-electron chi connectivity index (χ0n) is 14.7. The number of carbonyl (C=O) groups is 1. The number of carbonyl (C=O) groups excluding carboxylic acids is 1. The molecule has 1 aromatic heterocycles. The molecule has 0 spiro atoms. The standard InChI is InChI=1S/C19H23FN4O2/c20-15-4-1-3-14(11-15)18-17(12-21-22-18)19(25)24-6-2-5-16(13-24)23-7-9-26-10-8-23/h1,3-4,11-12,16H,2,5-10,13H2,(H,21,22). The quantitative estimate of drug-likeness (QED) is 0.913. The summed E-state index contributed by atoms with van der Waals surface area (Å²) in [6, 6.07) is 6.59. The van der Waals surface area contributed by atoms with E-state index >= 15 is 0 Å². The van der Waals surface area contributed by atoms with E-state index in [2.05, 4.69) is 15.1 Å². The van der Waals surface area contributed by atoms with Gasteiger partial charge in [0.2, 0.25) is 0 Å². The lowest BCUT2D eigenvalue weighted by atomic mass is 10.0. The van der Waals surface area contributed by atoms with Crippen LogP contribution in [0.2, 0.25) is 0 Å². The van der Waals surface area contributed by atoms with Gasteiger partial charge in [0.25, 0.3) is 5.91 Å². The SMILES string of the molecule is O=C(c1cn[nH]c1-c1cccc(F)c1)N1CCCC(N2CCOCC2)C1. The minimum absolute atomic E-state index is 0.0454. The van der Waals surface area contributed by atoms with Gasteiger partial charge in [-0.05, 0) is 25.0 Å². The second kappa shape index (κ2) is 7.55. The number of halogens is 1. The van der Waals surface area contributed by atoms with Crippen LogP contribution < -0.4 is 0 Å². The fraction of sp³-hybridized carbons (Fsp3) is 0.474. The topological polar surface area (TPSA) is 61.5 Å². The first kappa shape index (κ1) is 17.2. The number of morpholine rings is 1. The Morgan fingerprint density at radius 2 is 2.12 bits per heavy atom. The molecule has 2 aromatic rings. The molecular formula is C19H23FN4O2. The zero-order valence-corrected chi connectivity index (χ0v) is 14.7. The highest BCUT2D eigenvalue weighted by Gasteiger charge is 2.30. The third-order valence-corrected chi connectivity index (χ3v) is 5.23. The maximum absolute atomic E-state index is 13.6. The number of H-pyrrole nitrogens is 1. The first-order chi connectivity index (χ1) is 12.7. The fourth-order valence-electron chi connectivity index (χ4n) is 3.86. The van der Waals surface area contributed by atoms with Crippen molar-refractivity contribution >= 4 is 5.91 Å². The van der Waals surface area contributed by atoms with Crippen LogP contribution in [0.3, 0.4) is 0 Å². The Bertz CT molecular complexity index is 772. The number of likely N-dealkylation sites (tertiary alicyclic amines) is 1. The number of piperidine rings is 1. The van der Waals surface area contributed by atoms with Crippen LogP contribution in [0.15, 0.2) is 30.5 Å². The zero-order chi connectivity index (χ0) is 17.9. The molecule has 0 radical (unpaired) electrons. The van der Waals surface area contributed by atoms with Crippen molar-refractivity contribution < 1.29 is 13.9 Å². The average Bonchev–Trinajstić information content (AvgIpc) is 3.18. The van der Waals surface area contributed by atoms with Gasteiger partial charge in [-0.25, -0.2) is 4.39 Å². The smallest absolute Gasteiger partial charge is 0.257 e. The van der Waals surface area contributed by atoms with Crippen molar-refractivity contribution in [3.05, 3.63) is 41.8 Å². The molecule has 0 saturated carbocycles. The van der Waals surface area contributed by atoms with Crippen molar-refractivity contribution in [3.63, 3.8) is 0 Å². The molecule has 2 saturated heterocycles. The van der Waals surface area contributed by atoms with Crippen molar-refractivity contribution in [3.8, 4) is 11.3 Å². The van der Waals surface area contributed by atoms with Crippen LogP contribution in [0, 0.1) is 5.82 Å². The Hall–Kier alpha value is -2.25. The van der Waals surface area contributed by atoms with E-state index in [1.54, 1.807) is 18.3 Å². The van der Waals surface area contributed by atoms with Gasteiger partial charge in [0.1, 0.15) is 5.82 Å². The predicted octanol–water partition coefficient (Wildman–Crippen LogP) is 2.15. The molecule has 1 atom stereocenters. The van der Waals surface area contributed by atoms with Gasteiger partial charge >= 0.3 is 0 Å². The van der Waals surface area contributed by atoms with E-state index in [0.717, 1.165) is 45.7 Å². The van der Waals surface area contributed by atoms with Gasteiger partial charge in [0, 0.05) is 37.8 Å². The molecule has 3 heterocycles. The molecule has 6 nitrogen and oxygen atoms in total. The highest BCUT2D eigenvalue weighted by molar-refractivity contribution is 5.99. The van der Waals surface area contributed by atoms with E-state index in [0.29, 0.717) is 29.4 Å². The second-order valence-electron chi connectivity index (χ2n) is 6.86. The number of hydrogen-bond donors (Lipinski definition) is 1. The number of aromatic amines is 1. The van der Waals surface area contributed by atoms with Crippen LogP contribution in [0.4, 0.5) is 4.39 Å². The summed E-state index contributed by atoms with van der Waals surface area (Å²) in [6.07, 6.45) is 3.63. The fourth-order valence-corrected chi connectivity index (χ4v) is 3.86. The molecule has 1 aromatic carbocycles. The molecule has 26 heavy (non-hydrogen) atoms. The van der Waals surface area contributed by atoms with Crippen LogP contribution in [0.1, 0.15) is 23.2 Å². The van der Waals surface area contributed by atoms with E-state index in [1.807, 2.05) is 4.90 Å². The normalized spacial score (nSPS) is 21.7. The van der Waals surface area contributed by atoms with Crippen LogP contribution >= 0.6 is 0 Å². The Balaban J connectivity index is 1.52. The largest absolute Gasteiger partial charge is 0.379 e. The second-order valence-corrected chi connectivity index (χ2v) is 6.86. The third kappa shape index (κ3) is 3.50. The number of ether oxygens (including phenoxy) is 1. The maximum atomic E-state index is 13.6. The van der Waals surface area contributed by atoms with E-state index in [4.69, 9.17) is 4.74 Å². The number of benzene rings is 1. The molecule has 1 N–H and O–H groups in total. The van der Waals surface area contributed by atoms with Crippen LogP contribution in [-0.4, -0.2) is 71.3 Å². The van der Waals surface area contributed by atoms with Crippen molar-refractivity contribution in [1.29, 1.82) is 0 Å². The van der Waals surface area contributed by atoms with Gasteiger partial charge < -0.3 is 9.64 Å². The lowest BCUT2D eigenvalue weighted by Gasteiger charge is -2.40. The van der Waals surface area contributed by atoms with Crippen LogP contribution in [0.5, 0.6) is 0 Å². The third-order valence-electron chi connectivity index (χ3n) is 5.23.